The van der Waals surface area contributed by atoms with Crippen LogP contribution in [0.5, 0.6) is 23.0 Å². The van der Waals surface area contributed by atoms with Crippen molar-refractivity contribution in [3.05, 3.63) is 129 Å². The van der Waals surface area contributed by atoms with E-state index in [0.717, 1.165) is 39.3 Å². The number of aryl methyl sites for hydroxylation is 2. The van der Waals surface area contributed by atoms with Crippen molar-refractivity contribution in [2.24, 2.45) is 0 Å². The summed E-state index contributed by atoms with van der Waals surface area (Å²) in [4.78, 5) is 66.6. The Bertz CT molecular complexity index is 2620. The number of nitrogens with zero attached hydrogens (tertiary/aromatic N) is 3. The maximum absolute atomic E-state index is 12.9. The second kappa shape index (κ2) is 19.1. The number of esters is 1. The highest BCUT2D eigenvalue weighted by atomic mass is 16.6. The number of amides is 1. The molecule has 3 heterocycles. The van der Waals surface area contributed by atoms with Crippen molar-refractivity contribution in [1.82, 2.24) is 30.2 Å². The van der Waals surface area contributed by atoms with Crippen LogP contribution < -0.4 is 30.9 Å². The summed E-state index contributed by atoms with van der Waals surface area (Å²) in [6.45, 7) is 7.75. The number of carbonyl (C=O) groups excluding carboxylic acids is 2. The van der Waals surface area contributed by atoms with Gasteiger partial charge >= 0.3 is 17.3 Å². The van der Waals surface area contributed by atoms with E-state index in [1.54, 1.807) is 111 Å². The van der Waals surface area contributed by atoms with Crippen LogP contribution in [-0.2, 0) is 14.3 Å². The van der Waals surface area contributed by atoms with Crippen LogP contribution in [-0.4, -0.2) is 94.4 Å². The minimum absolute atomic E-state index is 0.149. The third-order valence-corrected chi connectivity index (χ3v) is 9.77. The molecule has 0 unspecified atom stereocenters. The van der Waals surface area contributed by atoms with Gasteiger partial charge in [0.15, 0.2) is 13.2 Å². The fourth-order valence-corrected chi connectivity index (χ4v) is 6.62. The molecule has 15 heteroatoms. The molecular formula is C45H44N6O9. The number of nitrogens with one attached hydrogen (secondary N) is 3. The lowest BCUT2D eigenvalue weighted by molar-refractivity contribution is -0.136. The molecule has 2 aromatic heterocycles. The SMILES string of the molecule is Cc1cc(-c2cc(-c3cccc(OCC(=O)Oc4ccc(-c5cc(-c6cccc(OCC(=O)NCCCN7CCOCC7)c6)nc(=O)[nH]5)cc4C)c3)nc(=O)[nH]2)ccc1O. The van der Waals surface area contributed by atoms with Crippen LogP contribution in [0.4, 0.5) is 0 Å². The summed E-state index contributed by atoms with van der Waals surface area (Å²) in [5.74, 6) is 0.427. The van der Waals surface area contributed by atoms with Gasteiger partial charge in [-0.2, -0.15) is 9.97 Å². The van der Waals surface area contributed by atoms with Crippen molar-refractivity contribution in [2.45, 2.75) is 20.3 Å². The first kappa shape index (κ1) is 41.1. The minimum Gasteiger partial charge on any atom is -0.508 e. The van der Waals surface area contributed by atoms with Gasteiger partial charge in [-0.15, -0.1) is 0 Å². The molecule has 0 saturated carbocycles. The lowest BCUT2D eigenvalue weighted by Crippen LogP contribution is -2.38. The molecule has 1 aliphatic heterocycles. The molecule has 1 fully saturated rings. The third-order valence-electron chi connectivity index (χ3n) is 9.77. The van der Waals surface area contributed by atoms with Crippen LogP contribution >= 0.6 is 0 Å². The van der Waals surface area contributed by atoms with E-state index in [0.29, 0.717) is 79.9 Å². The number of ether oxygens (including phenoxy) is 4. The van der Waals surface area contributed by atoms with Crippen LogP contribution in [0.3, 0.4) is 0 Å². The molecule has 0 bridgehead atoms. The van der Waals surface area contributed by atoms with E-state index in [4.69, 9.17) is 18.9 Å². The normalized spacial score (nSPS) is 12.8. The lowest BCUT2D eigenvalue weighted by atomic mass is 10.1. The van der Waals surface area contributed by atoms with Crippen LogP contribution in [0, 0.1) is 13.8 Å². The summed E-state index contributed by atoms with van der Waals surface area (Å²) < 4.78 is 22.5. The van der Waals surface area contributed by atoms with Crippen LogP contribution in [0.2, 0.25) is 0 Å². The van der Waals surface area contributed by atoms with Crippen LogP contribution in [0.25, 0.3) is 45.0 Å². The summed E-state index contributed by atoms with van der Waals surface area (Å²) >= 11 is 0. The van der Waals surface area contributed by atoms with Crippen molar-refractivity contribution in [3.8, 4) is 68.0 Å². The molecule has 4 N–H and O–H groups in total. The summed E-state index contributed by atoms with van der Waals surface area (Å²) in [5.41, 5.74) is 4.63. The number of hydrogen-bond acceptors (Lipinski definition) is 12. The number of aromatic hydroxyl groups is 1. The fourth-order valence-electron chi connectivity index (χ4n) is 6.62. The van der Waals surface area contributed by atoms with Gasteiger partial charge in [-0.1, -0.05) is 24.3 Å². The van der Waals surface area contributed by atoms with Crippen LogP contribution in [0.1, 0.15) is 17.5 Å². The predicted molar refractivity (Wildman–Crippen MR) is 224 cm³/mol. The van der Waals surface area contributed by atoms with Gasteiger partial charge in [-0.05, 0) is 122 Å². The molecule has 1 saturated heterocycles. The monoisotopic (exact) mass is 812 g/mol. The Morgan fingerprint density at radius 3 is 1.92 bits per heavy atom. The Balaban J connectivity index is 0.941. The number of benzene rings is 4. The van der Waals surface area contributed by atoms with Crippen molar-refractivity contribution in [1.29, 1.82) is 0 Å². The largest absolute Gasteiger partial charge is 0.508 e. The van der Waals surface area contributed by atoms with E-state index in [-0.39, 0.29) is 18.3 Å². The Kier molecular flexibility index (Phi) is 13.1. The molecule has 6 aromatic rings. The molecular weight excluding hydrogens is 769 g/mol. The average Bonchev–Trinajstić information content (AvgIpc) is 3.25. The van der Waals surface area contributed by atoms with E-state index in [9.17, 15) is 24.3 Å². The highest BCUT2D eigenvalue weighted by Crippen LogP contribution is 2.30. The Morgan fingerprint density at radius 2 is 1.32 bits per heavy atom. The van der Waals surface area contributed by atoms with Gasteiger partial charge in [0, 0.05) is 30.8 Å². The number of phenols is 1. The molecule has 0 atom stereocenters. The van der Waals surface area contributed by atoms with E-state index in [2.05, 4.69) is 30.2 Å². The molecule has 60 heavy (non-hydrogen) atoms. The summed E-state index contributed by atoms with van der Waals surface area (Å²) in [7, 11) is 0. The first-order chi connectivity index (χ1) is 29.1. The first-order valence-electron chi connectivity index (χ1n) is 19.4. The maximum Gasteiger partial charge on any atom is 0.349 e. The van der Waals surface area contributed by atoms with Gasteiger partial charge in [0.1, 0.15) is 23.0 Å². The zero-order valence-corrected chi connectivity index (χ0v) is 33.2. The van der Waals surface area contributed by atoms with Gasteiger partial charge in [0.2, 0.25) is 0 Å². The molecule has 0 spiro atoms. The van der Waals surface area contributed by atoms with Gasteiger partial charge < -0.3 is 39.3 Å². The third kappa shape index (κ3) is 10.9. The molecule has 4 aromatic carbocycles. The van der Waals surface area contributed by atoms with Gasteiger partial charge in [-0.3, -0.25) is 9.69 Å². The van der Waals surface area contributed by atoms with Gasteiger partial charge in [-0.25, -0.2) is 14.4 Å². The smallest absolute Gasteiger partial charge is 0.349 e. The zero-order chi connectivity index (χ0) is 42.0. The highest BCUT2D eigenvalue weighted by Gasteiger charge is 2.15. The van der Waals surface area contributed by atoms with Crippen LogP contribution in [0.15, 0.2) is 107 Å². The second-order valence-corrected chi connectivity index (χ2v) is 14.2. The summed E-state index contributed by atoms with van der Waals surface area (Å²) in [6, 6.07) is 27.5. The number of H-pyrrole nitrogens is 2. The van der Waals surface area contributed by atoms with Gasteiger partial charge in [0.05, 0.1) is 36.0 Å². The van der Waals surface area contributed by atoms with E-state index in [1.807, 2.05) is 0 Å². The standard InChI is InChI=1S/C45H44N6O9/c1-28-20-32(10-12-40(28)52)38-24-36(47-44(55)49-38)31-7-4-9-35(23-31)59-27-43(54)60-41-13-11-33(21-29(41)2)39-25-37(48-45(56)50-39)30-6-3-8-34(22-30)58-26-42(53)46-14-5-15-51-16-18-57-19-17-51/h3-4,6-13,20-25,52H,5,14-19,26-27H2,1-2H3,(H,46,53)(H,47,49,55)(H,48,50,56). The van der Waals surface area contributed by atoms with Gasteiger partial charge in [0.25, 0.3) is 5.91 Å². The maximum atomic E-state index is 12.9. The quantitative estimate of drug-likeness (QED) is 0.0613. The second-order valence-electron chi connectivity index (χ2n) is 14.2. The molecule has 0 aliphatic carbocycles. The van der Waals surface area contributed by atoms with Crippen molar-refractivity contribution >= 4 is 11.9 Å². The molecule has 1 aliphatic rings. The van der Waals surface area contributed by atoms with Crippen molar-refractivity contribution in [3.63, 3.8) is 0 Å². The average molecular weight is 813 g/mol. The summed E-state index contributed by atoms with van der Waals surface area (Å²) in [5, 5.41) is 12.8. The van der Waals surface area contributed by atoms with E-state index < -0.39 is 24.0 Å². The highest BCUT2D eigenvalue weighted by molar-refractivity contribution is 5.78. The number of carbonyl (C=O) groups is 2. The number of phenolic OH excluding ortho intramolecular Hbond substituents is 1. The molecule has 7 rings (SSSR count). The van der Waals surface area contributed by atoms with E-state index in [1.165, 1.54) is 0 Å². The number of morpholine rings is 1. The molecule has 1 amide bonds. The molecule has 15 nitrogen and oxygen atoms in total. The number of hydrogen-bond donors (Lipinski definition) is 4. The number of aromatic nitrogens is 4. The zero-order valence-electron chi connectivity index (χ0n) is 33.2. The lowest BCUT2D eigenvalue weighted by Gasteiger charge is -2.26. The van der Waals surface area contributed by atoms with Crippen molar-refractivity contribution in [2.75, 3.05) is 52.6 Å². The first-order valence-corrected chi connectivity index (χ1v) is 19.4. The van der Waals surface area contributed by atoms with E-state index >= 15 is 0 Å². The number of aromatic amines is 2. The Hall–Kier alpha value is -7.10. The Labute approximate surface area is 345 Å². The van der Waals surface area contributed by atoms with Crippen molar-refractivity contribution < 1.29 is 33.6 Å². The molecule has 0 radical (unpaired) electrons. The topological polar surface area (TPSA) is 198 Å². The summed E-state index contributed by atoms with van der Waals surface area (Å²) in [6.07, 6.45) is 0.836. The number of rotatable bonds is 15. The predicted octanol–water partition coefficient (Wildman–Crippen LogP) is 5.05. The minimum atomic E-state index is -0.640. The Morgan fingerprint density at radius 1 is 0.733 bits per heavy atom. The fraction of sp³-hybridized carbons (Fsp3) is 0.244. The molecule has 308 valence electrons.